The van der Waals surface area contributed by atoms with Crippen LogP contribution in [-0.2, 0) is 17.9 Å². The van der Waals surface area contributed by atoms with Crippen molar-refractivity contribution in [1.29, 1.82) is 0 Å². The van der Waals surface area contributed by atoms with E-state index in [4.69, 9.17) is 0 Å². The lowest BCUT2D eigenvalue weighted by molar-refractivity contribution is -0.384. The predicted molar refractivity (Wildman–Crippen MR) is 117 cm³/mol. The molecule has 0 heterocycles. The maximum absolute atomic E-state index is 15.8. The number of nitro benzene ring substituents is 1. The third-order valence-corrected chi connectivity index (χ3v) is 5.18. The number of benzene rings is 3. The molecule has 1 unspecified atom stereocenters. The molecule has 3 rings (SSSR count). The van der Waals surface area contributed by atoms with Gasteiger partial charge in [-0.15, -0.1) is 0 Å². The van der Waals surface area contributed by atoms with E-state index in [0.29, 0.717) is 11.1 Å². The zero-order chi connectivity index (χ0) is 24.9. The van der Waals surface area contributed by atoms with Crippen LogP contribution in [0.1, 0.15) is 29.0 Å². The molecule has 0 saturated heterocycles. The van der Waals surface area contributed by atoms with E-state index in [1.807, 2.05) is 0 Å². The topological polar surface area (TPSA) is 83.7 Å². The molecule has 1 atom stereocenters. The number of anilines is 1. The number of nitrogens with zero attached hydrogens (tertiary/aromatic N) is 2. The third-order valence-electron chi connectivity index (χ3n) is 5.18. The summed E-state index contributed by atoms with van der Waals surface area (Å²) >= 11 is 0. The van der Waals surface area contributed by atoms with Gasteiger partial charge in [0, 0.05) is 24.7 Å². The van der Waals surface area contributed by atoms with E-state index >= 15 is 4.39 Å². The highest BCUT2D eigenvalue weighted by molar-refractivity contribution is 5.78. The summed E-state index contributed by atoms with van der Waals surface area (Å²) < 4.78 is 54.8. The molecular formula is C24H20F4N2O4. The van der Waals surface area contributed by atoms with E-state index in [1.165, 1.54) is 4.90 Å². The minimum atomic E-state index is -4.88. The average molecular weight is 476 g/mol. The molecule has 1 N–H and O–H groups in total. The molecular weight excluding hydrogens is 456 g/mol. The zero-order valence-corrected chi connectivity index (χ0v) is 17.7. The summed E-state index contributed by atoms with van der Waals surface area (Å²) in [6.45, 7) is -0.0120. The van der Waals surface area contributed by atoms with Crippen molar-refractivity contribution in [2.24, 2.45) is 0 Å². The van der Waals surface area contributed by atoms with Crippen LogP contribution in [0.5, 0.6) is 0 Å². The standard InChI is InChI=1S/C24H20F4N2O4/c25-21-18(19(23(31)32)13-24(26,27)28)11-12-20(30(33)34)22(21)29(14-16-7-3-1-4-8-16)15-17-9-5-2-6-10-17/h1-12,19H,13-15H2,(H,31,32). The fraction of sp³-hybridized carbons (Fsp3) is 0.208. The number of halogens is 4. The summed E-state index contributed by atoms with van der Waals surface area (Å²) in [6.07, 6.45) is -6.70. The highest BCUT2D eigenvalue weighted by Gasteiger charge is 2.39. The molecule has 178 valence electrons. The highest BCUT2D eigenvalue weighted by Crippen LogP contribution is 2.40. The Morgan fingerprint density at radius 1 is 0.941 bits per heavy atom. The van der Waals surface area contributed by atoms with Crippen LogP contribution in [-0.4, -0.2) is 22.2 Å². The summed E-state index contributed by atoms with van der Waals surface area (Å²) in [5.74, 6) is -5.50. The number of carboxylic acid groups (broad SMARTS) is 1. The first-order valence-electron chi connectivity index (χ1n) is 10.2. The number of alkyl halides is 3. The van der Waals surface area contributed by atoms with Crippen molar-refractivity contribution < 1.29 is 32.4 Å². The fourth-order valence-electron chi connectivity index (χ4n) is 3.67. The molecule has 0 aliphatic carbocycles. The first kappa shape index (κ1) is 24.7. The smallest absolute Gasteiger partial charge is 0.390 e. The summed E-state index contributed by atoms with van der Waals surface area (Å²) in [6, 6.07) is 18.9. The highest BCUT2D eigenvalue weighted by atomic mass is 19.4. The largest absolute Gasteiger partial charge is 0.481 e. The molecule has 0 fully saturated rings. The Morgan fingerprint density at radius 3 is 1.85 bits per heavy atom. The Morgan fingerprint density at radius 2 is 1.44 bits per heavy atom. The van der Waals surface area contributed by atoms with Crippen LogP contribution in [0.3, 0.4) is 0 Å². The van der Waals surface area contributed by atoms with E-state index in [2.05, 4.69) is 0 Å². The summed E-state index contributed by atoms with van der Waals surface area (Å²) in [5, 5.41) is 21.1. The molecule has 10 heteroatoms. The van der Waals surface area contributed by atoms with Crippen molar-refractivity contribution in [2.75, 3.05) is 4.90 Å². The maximum Gasteiger partial charge on any atom is 0.390 e. The second kappa shape index (κ2) is 10.3. The third kappa shape index (κ3) is 6.09. The molecule has 6 nitrogen and oxygen atoms in total. The van der Waals surface area contributed by atoms with E-state index in [9.17, 15) is 33.2 Å². The summed E-state index contributed by atoms with van der Waals surface area (Å²) in [7, 11) is 0. The van der Waals surface area contributed by atoms with Crippen LogP contribution in [0.4, 0.5) is 28.9 Å². The van der Waals surface area contributed by atoms with Gasteiger partial charge in [0.25, 0.3) is 5.69 Å². The molecule has 34 heavy (non-hydrogen) atoms. The number of hydrogen-bond donors (Lipinski definition) is 1. The Labute approximate surface area is 192 Å². The lowest BCUT2D eigenvalue weighted by Gasteiger charge is -2.27. The van der Waals surface area contributed by atoms with E-state index < -0.39 is 52.2 Å². The van der Waals surface area contributed by atoms with Gasteiger partial charge in [-0.25, -0.2) is 4.39 Å². The quantitative estimate of drug-likeness (QED) is 0.231. The first-order chi connectivity index (χ1) is 16.1. The molecule has 0 spiro atoms. The molecule has 0 aliphatic heterocycles. The van der Waals surface area contributed by atoms with E-state index in [-0.39, 0.29) is 13.1 Å². The number of nitro groups is 1. The van der Waals surface area contributed by atoms with Gasteiger partial charge >= 0.3 is 12.1 Å². The SMILES string of the molecule is O=C(O)C(CC(F)(F)F)c1ccc([N+](=O)[O-])c(N(Cc2ccccc2)Cc2ccccc2)c1F. The monoisotopic (exact) mass is 476 g/mol. The van der Waals surface area contributed by atoms with Gasteiger partial charge in [-0.2, -0.15) is 13.2 Å². The van der Waals surface area contributed by atoms with Gasteiger partial charge in [0.1, 0.15) is 0 Å². The van der Waals surface area contributed by atoms with Crippen LogP contribution in [0.15, 0.2) is 72.8 Å². The van der Waals surface area contributed by atoms with E-state index in [1.54, 1.807) is 60.7 Å². The lowest BCUT2D eigenvalue weighted by atomic mass is 9.93. The van der Waals surface area contributed by atoms with Gasteiger partial charge in [0.05, 0.1) is 17.3 Å². The Balaban J connectivity index is 2.18. The number of carboxylic acids is 1. The molecule has 0 aliphatic rings. The Bertz CT molecular complexity index is 1110. The van der Waals surface area contributed by atoms with Gasteiger partial charge in [-0.05, 0) is 17.2 Å². The van der Waals surface area contributed by atoms with Crippen molar-refractivity contribution in [2.45, 2.75) is 31.6 Å². The second-order valence-electron chi connectivity index (χ2n) is 7.63. The average Bonchev–Trinajstić information content (AvgIpc) is 2.77. The van der Waals surface area contributed by atoms with Crippen LogP contribution in [0.2, 0.25) is 0 Å². The zero-order valence-electron chi connectivity index (χ0n) is 17.7. The van der Waals surface area contributed by atoms with Gasteiger partial charge in [0.15, 0.2) is 11.5 Å². The van der Waals surface area contributed by atoms with Gasteiger partial charge < -0.3 is 10.0 Å². The minimum absolute atomic E-state index is 0.00600. The molecule has 0 aromatic heterocycles. The van der Waals surface area contributed by atoms with E-state index in [0.717, 1.165) is 12.1 Å². The van der Waals surface area contributed by atoms with Gasteiger partial charge in [-0.3, -0.25) is 14.9 Å². The molecule has 3 aromatic rings. The van der Waals surface area contributed by atoms with Crippen LogP contribution in [0.25, 0.3) is 0 Å². The normalized spacial score (nSPS) is 12.2. The predicted octanol–water partition coefficient (Wildman–Crippen LogP) is 6.06. The maximum atomic E-state index is 15.8. The van der Waals surface area contributed by atoms with Crippen molar-refractivity contribution in [3.8, 4) is 0 Å². The van der Waals surface area contributed by atoms with Gasteiger partial charge in [-0.1, -0.05) is 60.7 Å². The number of aliphatic carboxylic acids is 1. The summed E-state index contributed by atoms with van der Waals surface area (Å²) in [5.41, 5.74) is -0.672. The van der Waals surface area contributed by atoms with Crippen molar-refractivity contribution in [3.63, 3.8) is 0 Å². The molecule has 0 saturated carbocycles. The summed E-state index contributed by atoms with van der Waals surface area (Å²) in [4.78, 5) is 23.8. The first-order valence-corrected chi connectivity index (χ1v) is 10.2. The lowest BCUT2D eigenvalue weighted by Crippen LogP contribution is -2.26. The number of rotatable bonds is 9. The Hall–Kier alpha value is -3.95. The molecule has 0 amide bonds. The molecule has 3 aromatic carbocycles. The fourth-order valence-corrected chi connectivity index (χ4v) is 3.67. The van der Waals surface area contributed by atoms with Crippen molar-refractivity contribution >= 4 is 17.3 Å². The van der Waals surface area contributed by atoms with Gasteiger partial charge in [0.2, 0.25) is 0 Å². The molecule has 0 bridgehead atoms. The minimum Gasteiger partial charge on any atom is -0.481 e. The van der Waals surface area contributed by atoms with Crippen molar-refractivity contribution in [1.82, 2.24) is 0 Å². The number of carbonyl (C=O) groups is 1. The van der Waals surface area contributed by atoms with Crippen LogP contribution in [0, 0.1) is 15.9 Å². The van der Waals surface area contributed by atoms with Crippen molar-refractivity contribution in [3.05, 3.63) is 105 Å². The Kier molecular flexibility index (Phi) is 7.50. The van der Waals surface area contributed by atoms with Crippen LogP contribution >= 0.6 is 0 Å². The molecule has 0 radical (unpaired) electrons. The van der Waals surface area contributed by atoms with Crippen LogP contribution < -0.4 is 4.90 Å². The second-order valence-corrected chi connectivity index (χ2v) is 7.63. The number of hydrogen-bond acceptors (Lipinski definition) is 4.